The van der Waals surface area contributed by atoms with E-state index in [9.17, 15) is 12.8 Å². The van der Waals surface area contributed by atoms with Crippen LogP contribution in [0.1, 0.15) is 30.5 Å². The molecule has 30 heavy (non-hydrogen) atoms. The van der Waals surface area contributed by atoms with E-state index in [0.717, 1.165) is 17.6 Å². The van der Waals surface area contributed by atoms with Gasteiger partial charge in [-0.3, -0.25) is 0 Å². The predicted molar refractivity (Wildman–Crippen MR) is 130 cm³/mol. The number of hydrogen-bond donors (Lipinski definition) is 2. The zero-order valence-corrected chi connectivity index (χ0v) is 20.6. The zero-order valence-electron chi connectivity index (χ0n) is 17.4. The molecule has 0 atom stereocenters. The molecule has 2 N–H and O–H groups in total. The molecule has 0 unspecified atom stereocenters. The average molecular weight is 549 g/mol. The summed E-state index contributed by atoms with van der Waals surface area (Å²) in [4.78, 5) is 4.55. The molecule has 6 nitrogen and oxygen atoms in total. The first-order valence-electron chi connectivity index (χ1n) is 9.49. The van der Waals surface area contributed by atoms with Gasteiger partial charge in [0.15, 0.2) is 15.8 Å². The third-order valence-electron chi connectivity index (χ3n) is 4.01. The smallest absolute Gasteiger partial charge is 0.191 e. The van der Waals surface area contributed by atoms with E-state index in [2.05, 4.69) is 15.6 Å². The molecule has 2 aromatic carbocycles. The van der Waals surface area contributed by atoms with Crippen molar-refractivity contribution in [1.82, 2.24) is 10.6 Å². The number of rotatable bonds is 9. The highest BCUT2D eigenvalue weighted by Crippen LogP contribution is 2.15. The van der Waals surface area contributed by atoms with E-state index in [1.807, 2.05) is 38.1 Å². The average Bonchev–Trinajstić information content (AvgIpc) is 2.65. The van der Waals surface area contributed by atoms with E-state index in [0.29, 0.717) is 36.8 Å². The van der Waals surface area contributed by atoms with Crippen molar-refractivity contribution in [3.05, 3.63) is 65.0 Å². The second-order valence-electron chi connectivity index (χ2n) is 6.61. The van der Waals surface area contributed by atoms with Gasteiger partial charge in [-0.05, 0) is 54.8 Å². The van der Waals surface area contributed by atoms with E-state index in [1.165, 1.54) is 18.2 Å². The Morgan fingerprint density at radius 3 is 2.53 bits per heavy atom. The zero-order chi connectivity index (χ0) is 21.3. The molecule has 0 amide bonds. The molecule has 0 aliphatic carbocycles. The fraction of sp³-hybridized carbons (Fsp3) is 0.381. The molecule has 9 heteroatoms. The minimum Gasteiger partial charge on any atom is -0.494 e. The summed E-state index contributed by atoms with van der Waals surface area (Å²) in [5.74, 6) is 0.809. The molecule has 0 radical (unpaired) electrons. The summed E-state index contributed by atoms with van der Waals surface area (Å²) >= 11 is 0. The first-order chi connectivity index (χ1) is 13.8. The Labute approximate surface area is 195 Å². The Hall–Kier alpha value is -1.88. The number of nitrogens with one attached hydrogen (secondary N) is 2. The fourth-order valence-corrected chi connectivity index (χ4v) is 3.62. The van der Waals surface area contributed by atoms with E-state index in [1.54, 1.807) is 0 Å². The van der Waals surface area contributed by atoms with E-state index < -0.39 is 15.7 Å². The van der Waals surface area contributed by atoms with Crippen molar-refractivity contribution in [3.8, 4) is 5.75 Å². The summed E-state index contributed by atoms with van der Waals surface area (Å²) in [6, 6.07) is 11.8. The third-order valence-corrected chi connectivity index (χ3v) is 4.84. The van der Waals surface area contributed by atoms with Crippen molar-refractivity contribution in [2.45, 2.75) is 32.7 Å². The standard InChI is InChI=1S/C21H28FN3O3S.HI/c1-4-23-21(24-13-16-7-6-8-20(11-16)28-5-2)25-14-18-12-19(22)10-9-17(18)15-29(3,26)27;/h6-12H,4-5,13-15H2,1-3H3,(H2,23,24,25);1H. The van der Waals surface area contributed by atoms with Crippen LogP contribution in [0.5, 0.6) is 5.75 Å². The number of benzene rings is 2. The summed E-state index contributed by atoms with van der Waals surface area (Å²) < 4.78 is 42.5. The normalized spacial score (nSPS) is 11.5. The molecule has 0 fully saturated rings. The van der Waals surface area contributed by atoms with Crippen LogP contribution in [0.2, 0.25) is 0 Å². The third kappa shape index (κ3) is 9.29. The van der Waals surface area contributed by atoms with Gasteiger partial charge in [-0.1, -0.05) is 18.2 Å². The second kappa shape index (κ2) is 12.7. The number of guanidine groups is 1. The van der Waals surface area contributed by atoms with Gasteiger partial charge in [0.1, 0.15) is 11.6 Å². The summed E-state index contributed by atoms with van der Waals surface area (Å²) in [5, 5.41) is 6.29. The monoisotopic (exact) mass is 549 g/mol. The molecule has 0 spiro atoms. The summed E-state index contributed by atoms with van der Waals surface area (Å²) in [6.45, 7) is 5.83. The van der Waals surface area contributed by atoms with Gasteiger partial charge in [-0.25, -0.2) is 17.8 Å². The Balaban J connectivity index is 0.00000450. The number of ether oxygens (including phenoxy) is 1. The Morgan fingerprint density at radius 2 is 1.87 bits per heavy atom. The van der Waals surface area contributed by atoms with Crippen molar-refractivity contribution in [2.24, 2.45) is 4.99 Å². The molecule has 0 aliphatic rings. The first kappa shape index (κ1) is 26.2. The Kier molecular flexibility index (Phi) is 11.1. The molecule has 2 rings (SSSR count). The number of halogens is 2. The summed E-state index contributed by atoms with van der Waals surface area (Å²) in [6.07, 6.45) is 1.16. The van der Waals surface area contributed by atoms with Crippen molar-refractivity contribution in [3.63, 3.8) is 0 Å². The van der Waals surface area contributed by atoms with Crippen LogP contribution in [-0.2, 0) is 28.7 Å². The van der Waals surface area contributed by atoms with Crippen LogP contribution in [0, 0.1) is 5.82 Å². The van der Waals surface area contributed by atoms with Crippen LogP contribution in [-0.4, -0.2) is 33.8 Å². The highest BCUT2D eigenvalue weighted by Gasteiger charge is 2.11. The number of sulfone groups is 1. The van der Waals surface area contributed by atoms with Gasteiger partial charge in [0.05, 0.1) is 18.9 Å². The van der Waals surface area contributed by atoms with Gasteiger partial charge in [-0.15, -0.1) is 24.0 Å². The van der Waals surface area contributed by atoms with Crippen LogP contribution in [0.15, 0.2) is 47.5 Å². The molecular formula is C21H29FIN3O3S. The maximum atomic E-state index is 13.7. The molecule has 0 aliphatic heterocycles. The Bertz CT molecular complexity index is 952. The molecule has 0 heterocycles. The molecule has 0 aromatic heterocycles. The van der Waals surface area contributed by atoms with Crippen LogP contribution >= 0.6 is 24.0 Å². The SMILES string of the molecule is CCNC(=NCc1cccc(OCC)c1)NCc1cc(F)ccc1CS(C)(=O)=O.I. The molecule has 0 saturated heterocycles. The predicted octanol–water partition coefficient (Wildman–Crippen LogP) is 3.64. The lowest BCUT2D eigenvalue weighted by atomic mass is 10.1. The second-order valence-corrected chi connectivity index (χ2v) is 8.75. The molecular weight excluding hydrogens is 520 g/mol. The summed E-state index contributed by atoms with van der Waals surface area (Å²) in [5.41, 5.74) is 2.15. The molecule has 0 saturated carbocycles. The highest BCUT2D eigenvalue weighted by atomic mass is 127. The van der Waals surface area contributed by atoms with Crippen LogP contribution in [0.25, 0.3) is 0 Å². The topological polar surface area (TPSA) is 79.8 Å². The van der Waals surface area contributed by atoms with E-state index >= 15 is 0 Å². The lowest BCUT2D eigenvalue weighted by Crippen LogP contribution is -2.37. The minimum atomic E-state index is -3.22. The van der Waals surface area contributed by atoms with E-state index in [4.69, 9.17) is 4.74 Å². The van der Waals surface area contributed by atoms with Gasteiger partial charge < -0.3 is 15.4 Å². The van der Waals surface area contributed by atoms with Gasteiger partial charge in [0, 0.05) is 19.3 Å². The molecule has 2 aromatic rings. The number of aliphatic imine (C=N–C) groups is 1. The Morgan fingerprint density at radius 1 is 1.10 bits per heavy atom. The highest BCUT2D eigenvalue weighted by molar-refractivity contribution is 14.0. The maximum Gasteiger partial charge on any atom is 0.191 e. The molecule has 166 valence electrons. The first-order valence-corrected chi connectivity index (χ1v) is 11.6. The number of nitrogens with zero attached hydrogens (tertiary/aromatic N) is 1. The largest absolute Gasteiger partial charge is 0.494 e. The van der Waals surface area contributed by atoms with Crippen molar-refractivity contribution >= 4 is 39.8 Å². The van der Waals surface area contributed by atoms with Crippen molar-refractivity contribution in [1.29, 1.82) is 0 Å². The maximum absolute atomic E-state index is 13.7. The minimum absolute atomic E-state index is 0. The van der Waals surface area contributed by atoms with Crippen LogP contribution in [0.4, 0.5) is 4.39 Å². The summed E-state index contributed by atoms with van der Waals surface area (Å²) in [7, 11) is -3.22. The van der Waals surface area contributed by atoms with Crippen LogP contribution in [0.3, 0.4) is 0 Å². The number of hydrogen-bond acceptors (Lipinski definition) is 4. The lowest BCUT2D eigenvalue weighted by molar-refractivity contribution is 0.340. The van der Waals surface area contributed by atoms with Gasteiger partial charge >= 0.3 is 0 Å². The van der Waals surface area contributed by atoms with Gasteiger partial charge in [0.2, 0.25) is 0 Å². The fourth-order valence-electron chi connectivity index (χ4n) is 2.77. The quantitative estimate of drug-likeness (QED) is 0.284. The van der Waals surface area contributed by atoms with Gasteiger partial charge in [-0.2, -0.15) is 0 Å². The lowest BCUT2D eigenvalue weighted by Gasteiger charge is -2.14. The van der Waals surface area contributed by atoms with Crippen LogP contribution < -0.4 is 15.4 Å². The molecule has 0 bridgehead atoms. The van der Waals surface area contributed by atoms with Crippen molar-refractivity contribution < 1.29 is 17.5 Å². The van der Waals surface area contributed by atoms with Gasteiger partial charge in [0.25, 0.3) is 0 Å². The van der Waals surface area contributed by atoms with Crippen molar-refractivity contribution in [2.75, 3.05) is 19.4 Å². The van der Waals surface area contributed by atoms with E-state index in [-0.39, 0.29) is 36.3 Å².